The maximum Gasteiger partial charge on any atom is 0.240 e. The summed E-state index contributed by atoms with van der Waals surface area (Å²) in [5.41, 5.74) is 2.89. The molecule has 1 unspecified atom stereocenters. The molecule has 1 atom stereocenters. The Morgan fingerprint density at radius 3 is 2.90 bits per heavy atom. The van der Waals surface area contributed by atoms with Crippen molar-refractivity contribution in [2.24, 2.45) is 0 Å². The van der Waals surface area contributed by atoms with Gasteiger partial charge in [-0.3, -0.25) is 0 Å². The molecule has 2 aromatic rings. The molecule has 1 heterocycles. The standard InChI is InChI=1S/C16H21N3O/c1-11(2)17-10-15-18-16(19-20-15)14-8-7-12-5-3-4-6-13(12)9-14/h3-6,11,14,17H,7-10H2,1-2H3. The summed E-state index contributed by atoms with van der Waals surface area (Å²) in [7, 11) is 0. The molecular formula is C16H21N3O. The number of benzene rings is 1. The van der Waals surface area contributed by atoms with Crippen LogP contribution in [0.15, 0.2) is 28.8 Å². The molecule has 0 spiro atoms. The average Bonchev–Trinajstić information content (AvgIpc) is 2.93. The smallest absolute Gasteiger partial charge is 0.240 e. The minimum atomic E-state index is 0.390. The Kier molecular flexibility index (Phi) is 3.83. The van der Waals surface area contributed by atoms with E-state index in [2.05, 4.69) is 53.6 Å². The first kappa shape index (κ1) is 13.3. The van der Waals surface area contributed by atoms with Gasteiger partial charge in [0.25, 0.3) is 0 Å². The van der Waals surface area contributed by atoms with Gasteiger partial charge >= 0.3 is 0 Å². The molecule has 0 radical (unpaired) electrons. The van der Waals surface area contributed by atoms with Gasteiger partial charge in [-0.25, -0.2) is 0 Å². The molecule has 1 aliphatic carbocycles. The van der Waals surface area contributed by atoms with Crippen LogP contribution in [0.25, 0.3) is 0 Å². The van der Waals surface area contributed by atoms with Gasteiger partial charge in [-0.15, -0.1) is 0 Å². The Bertz CT molecular complexity index is 577. The van der Waals surface area contributed by atoms with Crippen LogP contribution in [-0.4, -0.2) is 16.2 Å². The molecule has 0 aliphatic heterocycles. The van der Waals surface area contributed by atoms with Gasteiger partial charge in [0.2, 0.25) is 5.89 Å². The van der Waals surface area contributed by atoms with Crippen LogP contribution >= 0.6 is 0 Å². The van der Waals surface area contributed by atoms with Crippen LogP contribution in [-0.2, 0) is 19.4 Å². The highest BCUT2D eigenvalue weighted by molar-refractivity contribution is 5.31. The van der Waals surface area contributed by atoms with E-state index in [0.717, 1.165) is 25.1 Å². The molecule has 1 aliphatic rings. The summed E-state index contributed by atoms with van der Waals surface area (Å²) in [5.74, 6) is 1.94. The molecule has 20 heavy (non-hydrogen) atoms. The number of aryl methyl sites for hydroxylation is 1. The summed E-state index contributed by atoms with van der Waals surface area (Å²) in [6.45, 7) is 4.86. The van der Waals surface area contributed by atoms with Gasteiger partial charge in [-0.1, -0.05) is 43.3 Å². The molecule has 0 saturated carbocycles. The lowest BCUT2D eigenvalue weighted by Crippen LogP contribution is -2.22. The van der Waals surface area contributed by atoms with Crippen LogP contribution in [0.1, 0.15) is 49.0 Å². The van der Waals surface area contributed by atoms with E-state index in [-0.39, 0.29) is 0 Å². The molecular weight excluding hydrogens is 250 g/mol. The van der Waals surface area contributed by atoms with Crippen molar-refractivity contribution in [3.05, 3.63) is 47.1 Å². The van der Waals surface area contributed by atoms with Crippen LogP contribution in [0.5, 0.6) is 0 Å². The first-order valence-electron chi connectivity index (χ1n) is 7.35. The molecule has 4 heteroatoms. The maximum absolute atomic E-state index is 5.33. The van der Waals surface area contributed by atoms with Gasteiger partial charge in [0.1, 0.15) is 0 Å². The Labute approximate surface area is 119 Å². The summed E-state index contributed by atoms with van der Waals surface area (Å²) >= 11 is 0. The lowest BCUT2D eigenvalue weighted by Gasteiger charge is -2.21. The number of hydrogen-bond donors (Lipinski definition) is 1. The third-order valence-corrected chi connectivity index (χ3v) is 3.86. The zero-order valence-electron chi connectivity index (χ0n) is 12.1. The van der Waals surface area contributed by atoms with Crippen LogP contribution in [0.2, 0.25) is 0 Å². The van der Waals surface area contributed by atoms with Crippen molar-refractivity contribution in [2.45, 2.75) is 51.6 Å². The Morgan fingerprint density at radius 2 is 2.10 bits per heavy atom. The number of aromatic nitrogens is 2. The fourth-order valence-electron chi connectivity index (χ4n) is 2.72. The van der Waals surface area contributed by atoms with E-state index in [4.69, 9.17) is 4.52 Å². The van der Waals surface area contributed by atoms with Gasteiger partial charge < -0.3 is 9.84 Å². The second-order valence-electron chi connectivity index (χ2n) is 5.79. The summed E-state index contributed by atoms with van der Waals surface area (Å²) in [6, 6.07) is 9.08. The van der Waals surface area contributed by atoms with Crippen molar-refractivity contribution >= 4 is 0 Å². The van der Waals surface area contributed by atoms with Gasteiger partial charge in [-0.05, 0) is 30.4 Å². The number of rotatable bonds is 4. The fourth-order valence-corrected chi connectivity index (χ4v) is 2.72. The Hall–Kier alpha value is -1.68. The first-order chi connectivity index (χ1) is 9.72. The topological polar surface area (TPSA) is 51.0 Å². The third kappa shape index (κ3) is 2.90. The monoisotopic (exact) mass is 271 g/mol. The zero-order chi connectivity index (χ0) is 13.9. The molecule has 1 aromatic carbocycles. The summed E-state index contributed by atoms with van der Waals surface area (Å²) in [4.78, 5) is 4.54. The van der Waals surface area contributed by atoms with E-state index in [1.165, 1.54) is 11.1 Å². The zero-order valence-corrected chi connectivity index (χ0v) is 12.1. The van der Waals surface area contributed by atoms with Gasteiger partial charge in [0.15, 0.2) is 5.82 Å². The predicted octanol–water partition coefficient (Wildman–Crippen LogP) is 2.84. The molecule has 106 valence electrons. The lowest BCUT2D eigenvalue weighted by atomic mass is 9.83. The van der Waals surface area contributed by atoms with Gasteiger partial charge in [-0.2, -0.15) is 4.98 Å². The summed E-state index contributed by atoms with van der Waals surface area (Å²) < 4.78 is 5.33. The molecule has 0 fully saturated rings. The highest BCUT2D eigenvalue weighted by Gasteiger charge is 2.23. The van der Waals surface area contributed by atoms with Crippen molar-refractivity contribution in [1.82, 2.24) is 15.5 Å². The van der Waals surface area contributed by atoms with E-state index in [9.17, 15) is 0 Å². The third-order valence-electron chi connectivity index (χ3n) is 3.86. The minimum absolute atomic E-state index is 0.390. The molecule has 3 rings (SSSR count). The highest BCUT2D eigenvalue weighted by atomic mass is 16.5. The Balaban J connectivity index is 1.69. The van der Waals surface area contributed by atoms with E-state index >= 15 is 0 Å². The maximum atomic E-state index is 5.33. The SMILES string of the molecule is CC(C)NCc1nc(C2CCc3ccccc3C2)no1. The quantitative estimate of drug-likeness (QED) is 0.929. The second-order valence-corrected chi connectivity index (χ2v) is 5.79. The van der Waals surface area contributed by atoms with Crippen molar-refractivity contribution in [2.75, 3.05) is 0 Å². The summed E-state index contributed by atoms with van der Waals surface area (Å²) in [6.07, 6.45) is 3.23. The molecule has 0 bridgehead atoms. The van der Waals surface area contributed by atoms with Crippen molar-refractivity contribution < 1.29 is 4.52 Å². The molecule has 0 amide bonds. The van der Waals surface area contributed by atoms with Crippen LogP contribution in [0, 0.1) is 0 Å². The normalized spacial score (nSPS) is 18.2. The predicted molar refractivity (Wildman–Crippen MR) is 77.5 cm³/mol. The van der Waals surface area contributed by atoms with Gasteiger partial charge in [0.05, 0.1) is 6.54 Å². The molecule has 1 N–H and O–H groups in total. The molecule has 0 saturated heterocycles. The lowest BCUT2D eigenvalue weighted by molar-refractivity contribution is 0.353. The van der Waals surface area contributed by atoms with Crippen molar-refractivity contribution in [3.8, 4) is 0 Å². The Morgan fingerprint density at radius 1 is 1.30 bits per heavy atom. The van der Waals surface area contributed by atoms with Crippen molar-refractivity contribution in [3.63, 3.8) is 0 Å². The van der Waals surface area contributed by atoms with E-state index < -0.39 is 0 Å². The molecule has 4 nitrogen and oxygen atoms in total. The highest BCUT2D eigenvalue weighted by Crippen LogP contribution is 2.31. The average molecular weight is 271 g/mol. The van der Waals surface area contributed by atoms with Gasteiger partial charge in [0, 0.05) is 12.0 Å². The first-order valence-corrected chi connectivity index (χ1v) is 7.35. The van der Waals surface area contributed by atoms with E-state index in [0.29, 0.717) is 24.4 Å². The largest absolute Gasteiger partial charge is 0.338 e. The van der Waals surface area contributed by atoms with E-state index in [1.807, 2.05) is 0 Å². The van der Waals surface area contributed by atoms with Crippen molar-refractivity contribution in [1.29, 1.82) is 0 Å². The number of hydrogen-bond acceptors (Lipinski definition) is 4. The molecule has 1 aromatic heterocycles. The van der Waals surface area contributed by atoms with Crippen LogP contribution in [0.3, 0.4) is 0 Å². The van der Waals surface area contributed by atoms with Crippen LogP contribution in [0.4, 0.5) is 0 Å². The summed E-state index contributed by atoms with van der Waals surface area (Å²) in [5, 5.41) is 7.46. The second kappa shape index (κ2) is 5.75. The number of nitrogens with one attached hydrogen (secondary N) is 1. The minimum Gasteiger partial charge on any atom is -0.338 e. The fraction of sp³-hybridized carbons (Fsp3) is 0.500. The number of fused-ring (bicyclic) bond motifs is 1. The number of nitrogens with zero attached hydrogens (tertiary/aromatic N) is 2. The van der Waals surface area contributed by atoms with E-state index in [1.54, 1.807) is 0 Å². The van der Waals surface area contributed by atoms with Crippen LogP contribution < -0.4 is 5.32 Å².